The number of hydrogen-bond donors (Lipinski definition) is 1. The Labute approximate surface area is 182 Å². The van der Waals surface area contributed by atoms with E-state index < -0.39 is 26.5 Å². The number of sulfone groups is 1. The first kappa shape index (κ1) is 24.1. The van der Waals surface area contributed by atoms with E-state index in [0.29, 0.717) is 35.2 Å². The first-order chi connectivity index (χ1) is 14.0. The first-order valence-electron chi connectivity index (χ1n) is 9.82. The van der Waals surface area contributed by atoms with Gasteiger partial charge in [-0.2, -0.15) is 0 Å². The zero-order chi connectivity index (χ0) is 22.5. The molecule has 0 saturated heterocycles. The van der Waals surface area contributed by atoms with Gasteiger partial charge in [0.25, 0.3) is 0 Å². The minimum atomic E-state index is -3.70. The number of nitrogens with one attached hydrogen (secondary N) is 1. The molecule has 0 aliphatic rings. The molecule has 1 heterocycles. The van der Waals surface area contributed by atoms with Gasteiger partial charge in [-0.25, -0.2) is 13.4 Å². The standard InChI is InChI=1S/C21H30N2O5S2/c1-7-21(4,5)23-19(24)14(3)30(25,26)13-16-12-29-20(22-16)15-9-10-17(28-8-2)18(11-15)27-6/h9-12,14H,7-8,13H2,1-6H3,(H,23,24). The lowest BCUT2D eigenvalue weighted by atomic mass is 10.0. The van der Waals surface area contributed by atoms with Crippen molar-refractivity contribution in [3.63, 3.8) is 0 Å². The molecule has 2 aromatic rings. The van der Waals surface area contributed by atoms with Crippen molar-refractivity contribution in [3.8, 4) is 22.1 Å². The van der Waals surface area contributed by atoms with Crippen LogP contribution in [0.4, 0.5) is 0 Å². The molecule has 1 N–H and O–H groups in total. The Kier molecular flexibility index (Phi) is 7.87. The highest BCUT2D eigenvalue weighted by Gasteiger charge is 2.31. The average Bonchev–Trinajstić information content (AvgIpc) is 3.15. The van der Waals surface area contributed by atoms with Crippen molar-refractivity contribution in [2.75, 3.05) is 13.7 Å². The van der Waals surface area contributed by atoms with Crippen LogP contribution in [0.1, 0.15) is 46.7 Å². The fourth-order valence-electron chi connectivity index (χ4n) is 2.60. The Balaban J connectivity index is 2.17. The number of hydrogen-bond acceptors (Lipinski definition) is 7. The van der Waals surface area contributed by atoms with Crippen LogP contribution >= 0.6 is 11.3 Å². The highest BCUT2D eigenvalue weighted by atomic mass is 32.2. The zero-order valence-corrected chi connectivity index (χ0v) is 19.9. The summed E-state index contributed by atoms with van der Waals surface area (Å²) in [6.07, 6.45) is 0.701. The molecule has 2 rings (SSSR count). The molecule has 0 radical (unpaired) electrons. The zero-order valence-electron chi connectivity index (χ0n) is 18.3. The van der Waals surface area contributed by atoms with Crippen LogP contribution in [0.25, 0.3) is 10.6 Å². The fourth-order valence-corrected chi connectivity index (χ4v) is 4.72. The summed E-state index contributed by atoms with van der Waals surface area (Å²) in [4.78, 5) is 16.9. The molecule has 1 atom stereocenters. The lowest BCUT2D eigenvalue weighted by Gasteiger charge is -2.26. The number of carbonyl (C=O) groups is 1. The third-order valence-corrected chi connectivity index (χ3v) is 7.79. The average molecular weight is 455 g/mol. The minimum absolute atomic E-state index is 0.293. The highest BCUT2D eigenvalue weighted by molar-refractivity contribution is 7.92. The second kappa shape index (κ2) is 9.78. The molecule has 0 aliphatic heterocycles. The van der Waals surface area contributed by atoms with Crippen molar-refractivity contribution in [1.82, 2.24) is 10.3 Å². The lowest BCUT2D eigenvalue weighted by Crippen LogP contribution is -2.48. The van der Waals surface area contributed by atoms with E-state index in [9.17, 15) is 13.2 Å². The van der Waals surface area contributed by atoms with Crippen molar-refractivity contribution in [2.45, 2.75) is 57.6 Å². The van der Waals surface area contributed by atoms with Gasteiger partial charge in [-0.05, 0) is 52.3 Å². The molecular formula is C21H30N2O5S2. The molecule has 9 heteroatoms. The Morgan fingerprint density at radius 2 is 1.97 bits per heavy atom. The Bertz CT molecular complexity index is 983. The molecule has 7 nitrogen and oxygen atoms in total. The maximum Gasteiger partial charge on any atom is 0.238 e. The van der Waals surface area contributed by atoms with Gasteiger partial charge in [0.1, 0.15) is 10.3 Å². The van der Waals surface area contributed by atoms with Gasteiger partial charge >= 0.3 is 0 Å². The maximum absolute atomic E-state index is 12.7. The lowest BCUT2D eigenvalue weighted by molar-refractivity contribution is -0.122. The van der Waals surface area contributed by atoms with Crippen LogP contribution in [0.3, 0.4) is 0 Å². The molecule has 0 spiro atoms. The number of thiazole rings is 1. The summed E-state index contributed by atoms with van der Waals surface area (Å²) in [5, 5.41) is 4.02. The summed E-state index contributed by atoms with van der Waals surface area (Å²) in [7, 11) is -2.14. The molecule has 0 bridgehead atoms. The molecular weight excluding hydrogens is 424 g/mol. The summed E-state index contributed by atoms with van der Waals surface area (Å²) in [6.45, 7) is 9.50. The molecule has 30 heavy (non-hydrogen) atoms. The predicted octanol–water partition coefficient (Wildman–Crippen LogP) is 3.83. The molecule has 0 aliphatic carbocycles. The second-order valence-electron chi connectivity index (χ2n) is 7.62. The number of nitrogens with zero attached hydrogens (tertiary/aromatic N) is 1. The van der Waals surface area contributed by atoms with E-state index in [1.807, 2.05) is 39.8 Å². The van der Waals surface area contributed by atoms with E-state index >= 15 is 0 Å². The number of benzene rings is 1. The Hall–Kier alpha value is -2.13. The third-order valence-electron chi connectivity index (χ3n) is 4.86. The van der Waals surface area contributed by atoms with Gasteiger partial charge in [0.2, 0.25) is 5.91 Å². The van der Waals surface area contributed by atoms with E-state index in [-0.39, 0.29) is 5.75 Å². The van der Waals surface area contributed by atoms with E-state index in [1.165, 1.54) is 18.3 Å². The van der Waals surface area contributed by atoms with Crippen LogP contribution in [0, 0.1) is 0 Å². The summed E-state index contributed by atoms with van der Waals surface area (Å²) in [5.41, 5.74) is 0.762. The topological polar surface area (TPSA) is 94.6 Å². The first-order valence-corrected chi connectivity index (χ1v) is 12.4. The van der Waals surface area contributed by atoms with Crippen LogP contribution in [-0.2, 0) is 20.4 Å². The van der Waals surface area contributed by atoms with Gasteiger partial charge in [0.15, 0.2) is 21.3 Å². The van der Waals surface area contributed by atoms with Gasteiger partial charge in [-0.1, -0.05) is 6.92 Å². The molecule has 0 fully saturated rings. The van der Waals surface area contributed by atoms with Gasteiger partial charge < -0.3 is 14.8 Å². The third kappa shape index (κ3) is 5.95. The van der Waals surface area contributed by atoms with Crippen LogP contribution in [0.15, 0.2) is 23.6 Å². The van der Waals surface area contributed by atoms with Gasteiger partial charge in [-0.3, -0.25) is 4.79 Å². The number of methoxy groups -OCH3 is 1. The molecule has 1 aromatic heterocycles. The molecule has 1 unspecified atom stereocenters. The predicted molar refractivity (Wildman–Crippen MR) is 120 cm³/mol. The van der Waals surface area contributed by atoms with Crippen molar-refractivity contribution in [3.05, 3.63) is 29.3 Å². The molecule has 1 aromatic carbocycles. The Morgan fingerprint density at radius 1 is 1.27 bits per heavy atom. The van der Waals surface area contributed by atoms with Gasteiger partial charge in [-0.15, -0.1) is 11.3 Å². The number of ether oxygens (including phenoxy) is 2. The van der Waals surface area contributed by atoms with E-state index in [1.54, 1.807) is 18.6 Å². The summed E-state index contributed by atoms with van der Waals surface area (Å²) in [5.74, 6) is 0.438. The molecule has 166 valence electrons. The van der Waals surface area contributed by atoms with Crippen molar-refractivity contribution >= 4 is 27.1 Å². The maximum atomic E-state index is 12.7. The van der Waals surface area contributed by atoms with Crippen LogP contribution in [0.5, 0.6) is 11.5 Å². The van der Waals surface area contributed by atoms with Crippen molar-refractivity contribution < 1.29 is 22.7 Å². The van der Waals surface area contributed by atoms with E-state index in [2.05, 4.69) is 10.3 Å². The molecule has 0 saturated carbocycles. The summed E-state index contributed by atoms with van der Waals surface area (Å²) in [6, 6.07) is 5.47. The quantitative estimate of drug-likeness (QED) is 0.586. The number of carbonyl (C=O) groups excluding carboxylic acids is 1. The van der Waals surface area contributed by atoms with Crippen LogP contribution < -0.4 is 14.8 Å². The Morgan fingerprint density at radius 3 is 2.57 bits per heavy atom. The van der Waals surface area contributed by atoms with E-state index in [0.717, 1.165) is 5.56 Å². The number of rotatable bonds is 10. The summed E-state index contributed by atoms with van der Waals surface area (Å²) < 4.78 is 36.4. The van der Waals surface area contributed by atoms with Gasteiger partial charge in [0, 0.05) is 16.5 Å². The minimum Gasteiger partial charge on any atom is -0.493 e. The molecule has 1 amide bonds. The summed E-state index contributed by atoms with van der Waals surface area (Å²) >= 11 is 1.34. The normalized spacial score (nSPS) is 13.0. The second-order valence-corrected chi connectivity index (χ2v) is 10.8. The van der Waals surface area contributed by atoms with Crippen molar-refractivity contribution in [1.29, 1.82) is 0 Å². The van der Waals surface area contributed by atoms with Gasteiger partial charge in [0.05, 0.1) is 25.2 Å². The smallest absolute Gasteiger partial charge is 0.238 e. The largest absolute Gasteiger partial charge is 0.493 e. The van der Waals surface area contributed by atoms with E-state index in [4.69, 9.17) is 9.47 Å². The van der Waals surface area contributed by atoms with Crippen LogP contribution in [-0.4, -0.2) is 43.8 Å². The van der Waals surface area contributed by atoms with Crippen LogP contribution in [0.2, 0.25) is 0 Å². The fraction of sp³-hybridized carbons (Fsp3) is 0.524. The highest BCUT2D eigenvalue weighted by Crippen LogP contribution is 2.34. The SMILES string of the molecule is CCOc1ccc(-c2nc(CS(=O)(=O)C(C)C(=O)NC(C)(C)CC)cs2)cc1OC. The monoisotopic (exact) mass is 454 g/mol. The number of aromatic nitrogens is 1. The van der Waals surface area contributed by atoms with Crippen molar-refractivity contribution in [2.24, 2.45) is 0 Å². The number of amides is 1.